The highest BCUT2D eigenvalue weighted by Crippen LogP contribution is 2.30. The van der Waals surface area contributed by atoms with E-state index in [9.17, 15) is 4.79 Å². The first-order valence-corrected chi connectivity index (χ1v) is 6.68. The van der Waals surface area contributed by atoms with Crippen molar-refractivity contribution in [2.45, 2.75) is 32.2 Å². The van der Waals surface area contributed by atoms with Crippen LogP contribution in [0.2, 0.25) is 0 Å². The van der Waals surface area contributed by atoms with E-state index in [1.807, 2.05) is 37.3 Å². The molecule has 3 nitrogen and oxygen atoms in total. The van der Waals surface area contributed by atoms with Gasteiger partial charge in [0.15, 0.2) is 0 Å². The molecule has 3 rings (SSSR count). The molecule has 0 radical (unpaired) electrons. The van der Waals surface area contributed by atoms with Crippen LogP contribution >= 0.6 is 0 Å². The molecule has 0 fully saturated rings. The van der Waals surface area contributed by atoms with Gasteiger partial charge in [0.05, 0.1) is 12.3 Å². The lowest BCUT2D eigenvalue weighted by Crippen LogP contribution is -2.30. The molecule has 0 aliphatic heterocycles. The molecule has 0 bridgehead atoms. The van der Waals surface area contributed by atoms with Gasteiger partial charge in [-0.2, -0.15) is 0 Å². The van der Waals surface area contributed by atoms with E-state index >= 15 is 0 Å². The molecule has 0 saturated heterocycles. The van der Waals surface area contributed by atoms with Gasteiger partial charge in [0.2, 0.25) is 0 Å². The topological polar surface area (TPSA) is 42.2 Å². The van der Waals surface area contributed by atoms with Crippen LogP contribution in [0.5, 0.6) is 0 Å². The van der Waals surface area contributed by atoms with E-state index < -0.39 is 0 Å². The lowest BCUT2D eigenvalue weighted by molar-refractivity contribution is 0.0931. The summed E-state index contributed by atoms with van der Waals surface area (Å²) in [5.41, 5.74) is 2.88. The smallest absolute Gasteiger partial charge is 0.252 e. The Kier molecular flexibility index (Phi) is 3.11. The summed E-state index contributed by atoms with van der Waals surface area (Å²) >= 11 is 0. The quantitative estimate of drug-likeness (QED) is 0.893. The Morgan fingerprint density at radius 3 is 3.00 bits per heavy atom. The second-order valence-corrected chi connectivity index (χ2v) is 5.03. The van der Waals surface area contributed by atoms with E-state index in [1.54, 1.807) is 6.26 Å². The fourth-order valence-corrected chi connectivity index (χ4v) is 2.70. The molecule has 1 heterocycles. The van der Waals surface area contributed by atoms with Gasteiger partial charge in [0.1, 0.15) is 5.76 Å². The van der Waals surface area contributed by atoms with Crippen molar-refractivity contribution < 1.29 is 9.21 Å². The fourth-order valence-electron chi connectivity index (χ4n) is 2.70. The summed E-state index contributed by atoms with van der Waals surface area (Å²) in [6, 6.07) is 9.71. The van der Waals surface area contributed by atoms with Crippen molar-refractivity contribution in [3.8, 4) is 0 Å². The van der Waals surface area contributed by atoms with Crippen molar-refractivity contribution in [2.75, 3.05) is 0 Å². The SMILES string of the molecule is Cc1ccccc1C(=O)NC1CCCc2occc21. The minimum absolute atomic E-state index is 0.00264. The van der Waals surface area contributed by atoms with Gasteiger partial charge in [-0.3, -0.25) is 4.79 Å². The lowest BCUT2D eigenvalue weighted by atomic mass is 9.93. The summed E-state index contributed by atoms with van der Waals surface area (Å²) in [4.78, 5) is 12.3. The second-order valence-electron chi connectivity index (χ2n) is 5.03. The highest BCUT2D eigenvalue weighted by atomic mass is 16.3. The van der Waals surface area contributed by atoms with Gasteiger partial charge in [-0.25, -0.2) is 0 Å². The van der Waals surface area contributed by atoms with Gasteiger partial charge in [-0.15, -0.1) is 0 Å². The van der Waals surface area contributed by atoms with Gasteiger partial charge in [-0.05, 0) is 37.5 Å². The van der Waals surface area contributed by atoms with E-state index in [0.717, 1.165) is 41.7 Å². The van der Waals surface area contributed by atoms with Crippen molar-refractivity contribution in [3.63, 3.8) is 0 Å². The summed E-state index contributed by atoms with van der Waals surface area (Å²) in [7, 11) is 0. The number of fused-ring (bicyclic) bond motifs is 1. The first kappa shape index (κ1) is 12.0. The summed E-state index contributed by atoms with van der Waals surface area (Å²) in [6.07, 6.45) is 4.71. The molecule has 1 aliphatic rings. The summed E-state index contributed by atoms with van der Waals surface area (Å²) in [5.74, 6) is 1.01. The average molecular weight is 255 g/mol. The number of aryl methyl sites for hydroxylation is 2. The number of furan rings is 1. The molecule has 19 heavy (non-hydrogen) atoms. The number of rotatable bonds is 2. The van der Waals surface area contributed by atoms with Gasteiger partial charge >= 0.3 is 0 Å². The van der Waals surface area contributed by atoms with Crippen LogP contribution < -0.4 is 5.32 Å². The third kappa shape index (κ3) is 2.28. The summed E-state index contributed by atoms with van der Waals surface area (Å²) < 4.78 is 5.45. The molecule has 0 spiro atoms. The standard InChI is InChI=1S/C16H17NO2/c1-11-5-2-3-6-12(11)16(18)17-14-7-4-8-15-13(14)9-10-19-15/h2-3,5-6,9-10,14H,4,7-8H2,1H3,(H,17,18). The molecule has 98 valence electrons. The maximum absolute atomic E-state index is 12.3. The Morgan fingerprint density at radius 2 is 2.16 bits per heavy atom. The first-order chi connectivity index (χ1) is 9.25. The number of amides is 1. The van der Waals surface area contributed by atoms with Crippen LogP contribution in [0.1, 0.15) is 46.1 Å². The van der Waals surface area contributed by atoms with Crippen LogP contribution in [0.4, 0.5) is 0 Å². The van der Waals surface area contributed by atoms with Crippen LogP contribution in [-0.2, 0) is 6.42 Å². The maximum atomic E-state index is 12.3. The molecule has 1 amide bonds. The van der Waals surface area contributed by atoms with Crippen LogP contribution in [0.3, 0.4) is 0 Å². The zero-order chi connectivity index (χ0) is 13.2. The van der Waals surface area contributed by atoms with E-state index in [-0.39, 0.29) is 11.9 Å². The Morgan fingerprint density at radius 1 is 1.32 bits per heavy atom. The highest BCUT2D eigenvalue weighted by molar-refractivity contribution is 5.95. The number of hydrogen-bond donors (Lipinski definition) is 1. The minimum atomic E-state index is -0.00264. The van der Waals surface area contributed by atoms with Crippen LogP contribution in [0.15, 0.2) is 41.0 Å². The largest absolute Gasteiger partial charge is 0.469 e. The van der Waals surface area contributed by atoms with Crippen LogP contribution in [-0.4, -0.2) is 5.91 Å². The molecule has 3 heteroatoms. The zero-order valence-corrected chi connectivity index (χ0v) is 11.0. The molecule has 1 unspecified atom stereocenters. The third-order valence-corrected chi connectivity index (χ3v) is 3.75. The Labute approximate surface area is 112 Å². The van der Waals surface area contributed by atoms with Crippen LogP contribution in [0.25, 0.3) is 0 Å². The monoisotopic (exact) mass is 255 g/mol. The summed E-state index contributed by atoms with van der Waals surface area (Å²) in [6.45, 7) is 1.96. The molecule has 1 atom stereocenters. The van der Waals surface area contributed by atoms with Gasteiger partial charge in [0, 0.05) is 17.5 Å². The molecule has 1 aliphatic carbocycles. The molecule has 2 aromatic rings. The molecular formula is C16H17NO2. The van der Waals surface area contributed by atoms with E-state index in [4.69, 9.17) is 4.42 Å². The van der Waals surface area contributed by atoms with Crippen molar-refractivity contribution >= 4 is 5.91 Å². The molecule has 0 saturated carbocycles. The molecule has 1 aromatic carbocycles. The van der Waals surface area contributed by atoms with Crippen LogP contribution in [0, 0.1) is 6.92 Å². The fraction of sp³-hybridized carbons (Fsp3) is 0.312. The Balaban J connectivity index is 1.80. The molecule has 1 N–H and O–H groups in total. The second kappa shape index (κ2) is 4.92. The minimum Gasteiger partial charge on any atom is -0.469 e. The van der Waals surface area contributed by atoms with E-state index in [1.165, 1.54) is 0 Å². The molecular weight excluding hydrogens is 238 g/mol. The third-order valence-electron chi connectivity index (χ3n) is 3.75. The maximum Gasteiger partial charge on any atom is 0.252 e. The Hall–Kier alpha value is -2.03. The lowest BCUT2D eigenvalue weighted by Gasteiger charge is -2.23. The average Bonchev–Trinajstić information content (AvgIpc) is 2.88. The predicted molar refractivity (Wildman–Crippen MR) is 73.0 cm³/mol. The van der Waals surface area contributed by atoms with E-state index in [2.05, 4.69) is 5.32 Å². The number of nitrogens with one attached hydrogen (secondary N) is 1. The number of carbonyl (C=O) groups excluding carboxylic acids is 1. The van der Waals surface area contributed by atoms with E-state index in [0.29, 0.717) is 0 Å². The molecule has 1 aromatic heterocycles. The highest BCUT2D eigenvalue weighted by Gasteiger charge is 2.24. The van der Waals surface area contributed by atoms with Gasteiger partial charge < -0.3 is 9.73 Å². The van der Waals surface area contributed by atoms with Gasteiger partial charge in [-0.1, -0.05) is 18.2 Å². The van der Waals surface area contributed by atoms with Gasteiger partial charge in [0.25, 0.3) is 5.91 Å². The predicted octanol–water partition coefficient (Wildman–Crippen LogP) is 3.40. The Bertz CT molecular complexity index is 600. The normalized spacial score (nSPS) is 17.8. The first-order valence-electron chi connectivity index (χ1n) is 6.68. The van der Waals surface area contributed by atoms with Crippen molar-refractivity contribution in [3.05, 3.63) is 59.0 Å². The number of benzene rings is 1. The number of carbonyl (C=O) groups is 1. The zero-order valence-electron chi connectivity index (χ0n) is 11.0. The summed E-state index contributed by atoms with van der Waals surface area (Å²) in [5, 5.41) is 3.12. The van der Waals surface area contributed by atoms with Crippen molar-refractivity contribution in [1.82, 2.24) is 5.32 Å². The van der Waals surface area contributed by atoms with Crippen molar-refractivity contribution in [1.29, 1.82) is 0 Å². The van der Waals surface area contributed by atoms with Crippen molar-refractivity contribution in [2.24, 2.45) is 0 Å². The number of hydrogen-bond acceptors (Lipinski definition) is 2.